The number of nitrogens with zero attached hydrogens (tertiary/aromatic N) is 1. The van der Waals surface area contributed by atoms with E-state index in [1.54, 1.807) is 30.3 Å². The maximum Gasteiger partial charge on any atom is 0.337 e. The van der Waals surface area contributed by atoms with Gasteiger partial charge in [0.25, 0.3) is 11.8 Å². The van der Waals surface area contributed by atoms with Gasteiger partial charge in [0, 0.05) is 0 Å². The lowest BCUT2D eigenvalue weighted by Gasteiger charge is -2.19. The molecule has 2 aromatic rings. The van der Waals surface area contributed by atoms with E-state index in [0.717, 1.165) is 5.56 Å². The summed E-state index contributed by atoms with van der Waals surface area (Å²) >= 11 is 0. The van der Waals surface area contributed by atoms with Gasteiger partial charge in [-0.15, -0.1) is 0 Å². The van der Waals surface area contributed by atoms with E-state index < -0.39 is 23.8 Å². The van der Waals surface area contributed by atoms with Crippen molar-refractivity contribution in [1.82, 2.24) is 10.7 Å². The standard InChI is InChI=1S/C24H29N3O5/c1-16(2)13-20(26-22(28)15-32-21-8-6-5-7-17(21)3)23(29)27-25-14-18-9-11-19(12-10-18)24(30)31-4/h5-12,14,16,20H,13,15H2,1-4H3,(H,26,28)(H,27,29)/b25-14-/t20-/m1/s1. The third-order valence-electron chi connectivity index (χ3n) is 4.53. The highest BCUT2D eigenvalue weighted by molar-refractivity contribution is 5.91. The maximum atomic E-state index is 12.6. The molecule has 32 heavy (non-hydrogen) atoms. The van der Waals surface area contributed by atoms with Crippen LogP contribution in [-0.4, -0.2) is 43.8 Å². The molecule has 8 nitrogen and oxygen atoms in total. The number of aryl methyl sites for hydroxylation is 1. The zero-order valence-electron chi connectivity index (χ0n) is 18.8. The van der Waals surface area contributed by atoms with Crippen LogP contribution in [0.4, 0.5) is 0 Å². The van der Waals surface area contributed by atoms with Crippen molar-refractivity contribution in [3.63, 3.8) is 0 Å². The predicted molar refractivity (Wildman–Crippen MR) is 122 cm³/mol. The SMILES string of the molecule is COC(=O)c1ccc(/C=N\NC(=O)[C@@H](CC(C)C)NC(=O)COc2ccccc2C)cc1. The number of amides is 2. The molecular weight excluding hydrogens is 410 g/mol. The summed E-state index contributed by atoms with van der Waals surface area (Å²) in [6, 6.07) is 13.2. The molecule has 0 bridgehead atoms. The minimum Gasteiger partial charge on any atom is -0.484 e. The molecule has 0 fully saturated rings. The molecule has 0 aliphatic rings. The van der Waals surface area contributed by atoms with Gasteiger partial charge in [0.05, 0.1) is 18.9 Å². The third-order valence-corrected chi connectivity index (χ3v) is 4.53. The molecule has 0 aliphatic heterocycles. The zero-order valence-corrected chi connectivity index (χ0v) is 18.8. The van der Waals surface area contributed by atoms with E-state index in [9.17, 15) is 14.4 Å². The molecule has 0 saturated carbocycles. The predicted octanol–water partition coefficient (Wildman–Crippen LogP) is 2.84. The van der Waals surface area contributed by atoms with Crippen molar-refractivity contribution < 1.29 is 23.9 Å². The van der Waals surface area contributed by atoms with Crippen LogP contribution in [0.1, 0.15) is 41.8 Å². The number of ether oxygens (including phenoxy) is 2. The Kier molecular flexibility index (Phi) is 9.41. The summed E-state index contributed by atoms with van der Waals surface area (Å²) in [7, 11) is 1.31. The van der Waals surface area contributed by atoms with Crippen LogP contribution in [0, 0.1) is 12.8 Å². The summed E-state index contributed by atoms with van der Waals surface area (Å²) in [5, 5.41) is 6.67. The highest BCUT2D eigenvalue weighted by Gasteiger charge is 2.22. The fourth-order valence-electron chi connectivity index (χ4n) is 2.87. The number of hydrogen-bond acceptors (Lipinski definition) is 6. The molecular formula is C24H29N3O5. The Morgan fingerprint density at radius 2 is 1.75 bits per heavy atom. The summed E-state index contributed by atoms with van der Waals surface area (Å²) in [5.41, 5.74) is 4.49. The number of carbonyl (C=O) groups is 3. The van der Waals surface area contributed by atoms with Gasteiger partial charge in [0.15, 0.2) is 6.61 Å². The van der Waals surface area contributed by atoms with Crippen molar-refractivity contribution in [2.75, 3.05) is 13.7 Å². The van der Waals surface area contributed by atoms with E-state index in [1.165, 1.54) is 13.3 Å². The fourth-order valence-corrected chi connectivity index (χ4v) is 2.87. The van der Waals surface area contributed by atoms with E-state index in [4.69, 9.17) is 4.74 Å². The first kappa shape index (κ1) is 24.6. The lowest BCUT2D eigenvalue weighted by atomic mass is 10.0. The van der Waals surface area contributed by atoms with Gasteiger partial charge in [-0.25, -0.2) is 10.2 Å². The van der Waals surface area contributed by atoms with Gasteiger partial charge in [-0.1, -0.05) is 44.2 Å². The van der Waals surface area contributed by atoms with Crippen molar-refractivity contribution >= 4 is 24.0 Å². The van der Waals surface area contributed by atoms with Gasteiger partial charge in [-0.3, -0.25) is 9.59 Å². The molecule has 0 radical (unpaired) electrons. The summed E-state index contributed by atoms with van der Waals surface area (Å²) in [4.78, 5) is 36.4. The lowest BCUT2D eigenvalue weighted by molar-refractivity contribution is -0.130. The van der Waals surface area contributed by atoms with Crippen molar-refractivity contribution in [3.05, 3.63) is 65.2 Å². The molecule has 0 aliphatic carbocycles. The number of hydrazone groups is 1. The number of rotatable bonds is 10. The first-order valence-electron chi connectivity index (χ1n) is 10.3. The van der Waals surface area contributed by atoms with Crippen molar-refractivity contribution in [2.24, 2.45) is 11.0 Å². The van der Waals surface area contributed by atoms with Crippen LogP contribution in [0.25, 0.3) is 0 Å². The largest absolute Gasteiger partial charge is 0.484 e. The van der Waals surface area contributed by atoms with E-state index in [1.807, 2.05) is 39.0 Å². The van der Waals surface area contributed by atoms with Crippen LogP contribution in [0.2, 0.25) is 0 Å². The summed E-state index contributed by atoms with van der Waals surface area (Å²) in [6.45, 7) is 5.62. The first-order chi connectivity index (χ1) is 15.3. The van der Waals surface area contributed by atoms with E-state index in [-0.39, 0.29) is 12.5 Å². The minimum absolute atomic E-state index is 0.179. The molecule has 170 valence electrons. The number of nitrogens with one attached hydrogen (secondary N) is 2. The van der Waals surface area contributed by atoms with Crippen molar-refractivity contribution in [2.45, 2.75) is 33.2 Å². The Morgan fingerprint density at radius 1 is 1.06 bits per heavy atom. The number of esters is 1. The van der Waals surface area contributed by atoms with Crippen LogP contribution in [0.3, 0.4) is 0 Å². The molecule has 2 aromatic carbocycles. The number of para-hydroxylation sites is 1. The summed E-state index contributed by atoms with van der Waals surface area (Å²) in [6.07, 6.45) is 1.90. The molecule has 0 aromatic heterocycles. The highest BCUT2D eigenvalue weighted by atomic mass is 16.5. The van der Waals surface area contributed by atoms with Crippen molar-refractivity contribution in [1.29, 1.82) is 0 Å². The second-order valence-electron chi connectivity index (χ2n) is 7.65. The molecule has 0 saturated heterocycles. The zero-order chi connectivity index (χ0) is 23.5. The molecule has 2 rings (SSSR count). The second kappa shape index (κ2) is 12.2. The van der Waals surface area contributed by atoms with E-state index >= 15 is 0 Å². The van der Waals surface area contributed by atoms with Crippen LogP contribution >= 0.6 is 0 Å². The molecule has 0 unspecified atom stereocenters. The smallest absolute Gasteiger partial charge is 0.337 e. The summed E-state index contributed by atoms with van der Waals surface area (Å²) < 4.78 is 10.2. The molecule has 2 N–H and O–H groups in total. The summed E-state index contributed by atoms with van der Waals surface area (Å²) in [5.74, 6) is -0.448. The van der Waals surface area contributed by atoms with Crippen LogP contribution in [0.15, 0.2) is 53.6 Å². The number of benzene rings is 2. The number of methoxy groups -OCH3 is 1. The fraction of sp³-hybridized carbons (Fsp3) is 0.333. The average Bonchev–Trinajstić information content (AvgIpc) is 2.77. The van der Waals surface area contributed by atoms with Crippen LogP contribution in [0.5, 0.6) is 5.75 Å². The number of carbonyl (C=O) groups excluding carboxylic acids is 3. The highest BCUT2D eigenvalue weighted by Crippen LogP contribution is 2.15. The third kappa shape index (κ3) is 7.86. The second-order valence-corrected chi connectivity index (χ2v) is 7.65. The first-order valence-corrected chi connectivity index (χ1v) is 10.3. The topological polar surface area (TPSA) is 106 Å². The lowest BCUT2D eigenvalue weighted by Crippen LogP contribution is -2.47. The maximum absolute atomic E-state index is 12.6. The van der Waals surface area contributed by atoms with Gasteiger partial charge in [0.1, 0.15) is 11.8 Å². The minimum atomic E-state index is -0.748. The Bertz CT molecular complexity index is 954. The molecule has 1 atom stereocenters. The van der Waals surface area contributed by atoms with E-state index in [0.29, 0.717) is 23.3 Å². The van der Waals surface area contributed by atoms with Gasteiger partial charge in [-0.2, -0.15) is 5.10 Å². The molecule has 8 heteroatoms. The molecule has 2 amide bonds. The van der Waals surface area contributed by atoms with Gasteiger partial charge in [0.2, 0.25) is 0 Å². The Balaban J connectivity index is 1.92. The molecule has 0 heterocycles. The van der Waals surface area contributed by atoms with Crippen molar-refractivity contribution in [3.8, 4) is 5.75 Å². The number of hydrogen-bond donors (Lipinski definition) is 2. The quantitative estimate of drug-likeness (QED) is 0.336. The average molecular weight is 440 g/mol. The van der Waals surface area contributed by atoms with E-state index in [2.05, 4.69) is 20.6 Å². The Hall–Kier alpha value is -3.68. The van der Waals surface area contributed by atoms with Gasteiger partial charge < -0.3 is 14.8 Å². The van der Waals surface area contributed by atoms with Gasteiger partial charge >= 0.3 is 5.97 Å². The van der Waals surface area contributed by atoms with Gasteiger partial charge in [-0.05, 0) is 48.6 Å². The van der Waals surface area contributed by atoms with Crippen LogP contribution < -0.4 is 15.5 Å². The normalized spacial score (nSPS) is 11.8. The Morgan fingerprint density at radius 3 is 2.38 bits per heavy atom. The van der Waals surface area contributed by atoms with Crippen LogP contribution in [-0.2, 0) is 14.3 Å². The Labute approximate surface area is 188 Å². The monoisotopic (exact) mass is 439 g/mol. The molecule has 0 spiro atoms.